The zero-order valence-electron chi connectivity index (χ0n) is 12.6. The fourth-order valence-electron chi connectivity index (χ4n) is 3.72. The van der Waals surface area contributed by atoms with E-state index in [1.807, 2.05) is 24.4 Å². The van der Waals surface area contributed by atoms with Gasteiger partial charge < -0.3 is 10.0 Å². The van der Waals surface area contributed by atoms with E-state index in [1.165, 1.54) is 0 Å². The van der Waals surface area contributed by atoms with Gasteiger partial charge in [0.15, 0.2) is 0 Å². The number of aromatic nitrogens is 2. The molecule has 1 amide bonds. The molecule has 1 saturated carbocycles. The largest absolute Gasteiger partial charge is 0.481 e. The summed E-state index contributed by atoms with van der Waals surface area (Å²) in [7, 11) is 1.75. The number of rotatable bonds is 5. The summed E-state index contributed by atoms with van der Waals surface area (Å²) in [5.41, 5.74) is 0. The minimum Gasteiger partial charge on any atom is -0.481 e. The summed E-state index contributed by atoms with van der Waals surface area (Å²) >= 11 is 0. The van der Waals surface area contributed by atoms with E-state index >= 15 is 0 Å². The van der Waals surface area contributed by atoms with Gasteiger partial charge in [0.2, 0.25) is 5.91 Å². The van der Waals surface area contributed by atoms with Gasteiger partial charge in [-0.15, -0.1) is 0 Å². The number of amides is 1. The van der Waals surface area contributed by atoms with E-state index in [2.05, 4.69) is 5.10 Å². The number of carbonyl (C=O) groups excluding carboxylic acids is 1. The summed E-state index contributed by atoms with van der Waals surface area (Å²) in [4.78, 5) is 26.0. The van der Waals surface area contributed by atoms with Crippen molar-refractivity contribution in [2.24, 2.45) is 23.7 Å². The molecule has 1 fully saturated rings. The zero-order valence-corrected chi connectivity index (χ0v) is 12.6. The van der Waals surface area contributed by atoms with Gasteiger partial charge in [0.05, 0.1) is 18.4 Å². The summed E-state index contributed by atoms with van der Waals surface area (Å²) < 4.78 is 1.77. The first kappa shape index (κ1) is 14.8. The Balaban J connectivity index is 1.69. The third-order valence-corrected chi connectivity index (χ3v) is 4.92. The molecule has 118 valence electrons. The van der Waals surface area contributed by atoms with Crippen LogP contribution in [0.15, 0.2) is 30.6 Å². The lowest BCUT2D eigenvalue weighted by Crippen LogP contribution is -2.49. The van der Waals surface area contributed by atoms with Crippen molar-refractivity contribution < 1.29 is 14.7 Å². The number of hydrogen-bond donors (Lipinski definition) is 1. The summed E-state index contributed by atoms with van der Waals surface area (Å²) in [6.45, 7) is 1.15. The van der Waals surface area contributed by atoms with Crippen molar-refractivity contribution >= 4 is 11.9 Å². The predicted molar refractivity (Wildman–Crippen MR) is 79.8 cm³/mol. The van der Waals surface area contributed by atoms with Gasteiger partial charge in [-0.25, -0.2) is 0 Å². The lowest BCUT2D eigenvalue weighted by molar-refractivity contribution is -0.156. The Morgan fingerprint density at radius 1 is 1.27 bits per heavy atom. The molecule has 4 rings (SSSR count). The van der Waals surface area contributed by atoms with Gasteiger partial charge in [-0.3, -0.25) is 14.3 Å². The molecular formula is C16H21N3O3. The summed E-state index contributed by atoms with van der Waals surface area (Å²) in [6.07, 6.45) is 9.36. The number of hydrogen-bond acceptors (Lipinski definition) is 3. The average Bonchev–Trinajstić information content (AvgIpc) is 3.05. The molecule has 3 aliphatic rings. The average molecular weight is 303 g/mol. The summed E-state index contributed by atoms with van der Waals surface area (Å²) in [6, 6.07) is 1.84. The second-order valence-corrected chi connectivity index (χ2v) is 6.21. The van der Waals surface area contributed by atoms with E-state index in [-0.39, 0.29) is 17.7 Å². The molecule has 6 nitrogen and oxygen atoms in total. The molecule has 0 aliphatic heterocycles. The molecule has 0 radical (unpaired) electrons. The Kier molecular flexibility index (Phi) is 4.00. The number of carboxylic acids is 1. The van der Waals surface area contributed by atoms with E-state index in [4.69, 9.17) is 0 Å². The number of likely N-dealkylation sites (N-methyl/N-ethyl adjacent to an activating group) is 1. The first-order chi connectivity index (χ1) is 10.6. The van der Waals surface area contributed by atoms with E-state index < -0.39 is 17.8 Å². The predicted octanol–water partition coefficient (Wildman–Crippen LogP) is 1.25. The first-order valence-corrected chi connectivity index (χ1v) is 7.71. The number of carbonyl (C=O) groups is 2. The zero-order chi connectivity index (χ0) is 15.7. The van der Waals surface area contributed by atoms with Gasteiger partial charge in [-0.2, -0.15) is 5.10 Å². The minimum atomic E-state index is -0.849. The third-order valence-electron chi connectivity index (χ3n) is 4.92. The van der Waals surface area contributed by atoms with E-state index in [9.17, 15) is 14.7 Å². The highest BCUT2D eigenvalue weighted by molar-refractivity contribution is 5.86. The van der Waals surface area contributed by atoms with Crippen LogP contribution in [0.4, 0.5) is 0 Å². The monoisotopic (exact) mass is 303 g/mol. The van der Waals surface area contributed by atoms with Crippen LogP contribution in [0.3, 0.4) is 0 Å². The van der Waals surface area contributed by atoms with Crippen molar-refractivity contribution in [2.45, 2.75) is 19.4 Å². The third kappa shape index (κ3) is 2.65. The first-order valence-electron chi connectivity index (χ1n) is 7.71. The maximum absolute atomic E-state index is 12.8. The van der Waals surface area contributed by atoms with Gasteiger partial charge in [-0.1, -0.05) is 12.2 Å². The number of aliphatic carboxylic acids is 1. The molecule has 0 saturated heterocycles. The van der Waals surface area contributed by atoms with Crippen molar-refractivity contribution in [3.05, 3.63) is 30.6 Å². The molecule has 1 N–H and O–H groups in total. The maximum Gasteiger partial charge on any atom is 0.307 e. The van der Waals surface area contributed by atoms with Crippen LogP contribution in [0, 0.1) is 23.7 Å². The smallest absolute Gasteiger partial charge is 0.307 e. The lowest BCUT2D eigenvalue weighted by atomic mass is 9.62. The molecule has 1 aromatic rings. The second kappa shape index (κ2) is 5.94. The Bertz CT molecular complexity index is 581. The second-order valence-electron chi connectivity index (χ2n) is 6.21. The Morgan fingerprint density at radius 2 is 1.95 bits per heavy atom. The molecule has 3 aliphatic carbocycles. The van der Waals surface area contributed by atoms with Crippen LogP contribution < -0.4 is 0 Å². The van der Waals surface area contributed by atoms with Gasteiger partial charge in [0.25, 0.3) is 0 Å². The van der Waals surface area contributed by atoms with Crippen molar-refractivity contribution in [2.75, 3.05) is 13.6 Å². The Hall–Kier alpha value is -2.11. The van der Waals surface area contributed by atoms with Gasteiger partial charge in [0.1, 0.15) is 0 Å². The van der Waals surface area contributed by atoms with Gasteiger partial charge in [0, 0.05) is 26.0 Å². The van der Waals surface area contributed by atoms with Crippen LogP contribution in [-0.2, 0) is 16.1 Å². The summed E-state index contributed by atoms with van der Waals surface area (Å²) in [5.74, 6) is -1.86. The minimum absolute atomic E-state index is 0.00374. The number of fused-ring (bicyclic) bond motifs is 2. The fraction of sp³-hybridized carbons (Fsp3) is 0.562. The summed E-state index contributed by atoms with van der Waals surface area (Å²) in [5, 5.41) is 13.6. The topological polar surface area (TPSA) is 75.4 Å². The van der Waals surface area contributed by atoms with Crippen LogP contribution in [0.2, 0.25) is 0 Å². The van der Waals surface area contributed by atoms with E-state index in [0.717, 1.165) is 12.8 Å². The number of nitrogens with zero attached hydrogens (tertiary/aromatic N) is 3. The molecule has 4 atom stereocenters. The fourth-order valence-corrected chi connectivity index (χ4v) is 3.72. The SMILES string of the molecule is CN(CCn1cccn1)C(=O)[C@H]1C2C=CC(CC2)[C@H]1C(=O)O. The molecule has 1 aromatic heterocycles. The van der Waals surface area contributed by atoms with Crippen LogP contribution >= 0.6 is 0 Å². The van der Waals surface area contributed by atoms with Crippen LogP contribution in [0.25, 0.3) is 0 Å². The van der Waals surface area contributed by atoms with E-state index in [1.54, 1.807) is 22.8 Å². The highest BCUT2D eigenvalue weighted by Gasteiger charge is 2.48. The van der Waals surface area contributed by atoms with Crippen LogP contribution in [0.1, 0.15) is 12.8 Å². The van der Waals surface area contributed by atoms with Crippen LogP contribution in [0.5, 0.6) is 0 Å². The van der Waals surface area contributed by atoms with Gasteiger partial charge in [-0.05, 0) is 30.7 Å². The van der Waals surface area contributed by atoms with Crippen molar-refractivity contribution in [3.63, 3.8) is 0 Å². The molecule has 2 unspecified atom stereocenters. The highest BCUT2D eigenvalue weighted by atomic mass is 16.4. The molecule has 22 heavy (non-hydrogen) atoms. The highest BCUT2D eigenvalue weighted by Crippen LogP contribution is 2.45. The van der Waals surface area contributed by atoms with Crippen molar-refractivity contribution in [3.8, 4) is 0 Å². The lowest BCUT2D eigenvalue weighted by Gasteiger charge is -2.43. The van der Waals surface area contributed by atoms with E-state index in [0.29, 0.717) is 13.1 Å². The molecule has 1 heterocycles. The quantitative estimate of drug-likeness (QED) is 0.831. The standard InChI is InChI=1S/C16H21N3O3/c1-18(9-10-19-8-2-7-17-19)15(20)13-11-3-5-12(6-4-11)14(13)16(21)22/h2-3,5,7-8,11-14H,4,6,9-10H2,1H3,(H,21,22)/t11?,12?,13-,14+/m0/s1. The van der Waals surface area contributed by atoms with Crippen molar-refractivity contribution in [1.29, 1.82) is 0 Å². The maximum atomic E-state index is 12.8. The van der Waals surface area contributed by atoms with Crippen LogP contribution in [-0.4, -0.2) is 45.3 Å². The number of allylic oxidation sites excluding steroid dienone is 2. The normalized spacial score (nSPS) is 29.5. The Morgan fingerprint density at radius 3 is 2.50 bits per heavy atom. The van der Waals surface area contributed by atoms with Gasteiger partial charge >= 0.3 is 5.97 Å². The van der Waals surface area contributed by atoms with Crippen molar-refractivity contribution in [1.82, 2.24) is 14.7 Å². The molecule has 0 spiro atoms. The molecule has 0 aromatic carbocycles. The molecular weight excluding hydrogens is 282 g/mol. The molecule has 2 bridgehead atoms. The Labute approximate surface area is 129 Å². The molecule has 6 heteroatoms. The number of carboxylic acid groups (broad SMARTS) is 1.